The van der Waals surface area contributed by atoms with E-state index in [-0.39, 0.29) is 5.76 Å². The fourth-order valence-electron chi connectivity index (χ4n) is 1.45. The molecule has 0 saturated heterocycles. The predicted octanol–water partition coefficient (Wildman–Crippen LogP) is 2.15. The van der Waals surface area contributed by atoms with Crippen molar-refractivity contribution in [3.63, 3.8) is 0 Å². The highest BCUT2D eigenvalue weighted by molar-refractivity contribution is 6.30. The average molecular weight is 266 g/mol. The van der Waals surface area contributed by atoms with E-state index in [9.17, 15) is 4.79 Å². The zero-order valence-corrected chi connectivity index (χ0v) is 10.2. The monoisotopic (exact) mass is 265 g/mol. The van der Waals surface area contributed by atoms with Gasteiger partial charge >= 0.3 is 5.91 Å². The highest BCUT2D eigenvalue weighted by atomic mass is 35.5. The van der Waals surface area contributed by atoms with Crippen LogP contribution in [0.2, 0.25) is 5.02 Å². The zero-order valence-electron chi connectivity index (χ0n) is 9.44. The van der Waals surface area contributed by atoms with Crippen LogP contribution in [0.1, 0.15) is 16.3 Å². The minimum absolute atomic E-state index is 0.181. The lowest BCUT2D eigenvalue weighted by Gasteiger charge is -2.04. The summed E-state index contributed by atoms with van der Waals surface area (Å²) in [5.74, 6) is 5.36. The largest absolute Gasteiger partial charge is 0.454 e. The first kappa shape index (κ1) is 12.5. The highest BCUT2D eigenvalue weighted by Crippen LogP contribution is 2.16. The molecule has 0 saturated carbocycles. The fraction of sp³-hybridized carbons (Fsp3) is 0.0833. The number of furan rings is 1. The number of benzene rings is 1. The van der Waals surface area contributed by atoms with Gasteiger partial charge in [0.2, 0.25) is 0 Å². The molecular weight excluding hydrogens is 254 g/mol. The Labute approximate surface area is 109 Å². The van der Waals surface area contributed by atoms with Gasteiger partial charge in [-0.1, -0.05) is 17.7 Å². The number of hydrogen-bond acceptors (Lipinski definition) is 4. The number of rotatable bonds is 4. The molecule has 0 fully saturated rings. The molecule has 0 spiro atoms. The van der Waals surface area contributed by atoms with Gasteiger partial charge in [-0.15, -0.1) is 0 Å². The van der Waals surface area contributed by atoms with Crippen LogP contribution in [-0.2, 0) is 6.54 Å². The molecular formula is C12H12ClN3O2. The Morgan fingerprint density at radius 2 is 2.17 bits per heavy atom. The van der Waals surface area contributed by atoms with E-state index in [1.807, 2.05) is 17.6 Å². The van der Waals surface area contributed by atoms with Crippen LogP contribution >= 0.6 is 11.6 Å². The number of carbonyl (C=O) groups is 1. The summed E-state index contributed by atoms with van der Waals surface area (Å²) in [6.45, 7) is 0.457. The number of halogens is 1. The van der Waals surface area contributed by atoms with E-state index in [2.05, 4.69) is 5.32 Å². The molecule has 6 heteroatoms. The summed E-state index contributed by atoms with van der Waals surface area (Å²) >= 11 is 5.86. The van der Waals surface area contributed by atoms with Gasteiger partial charge in [-0.05, 0) is 30.3 Å². The van der Waals surface area contributed by atoms with Gasteiger partial charge in [0.05, 0.1) is 6.54 Å². The van der Waals surface area contributed by atoms with Gasteiger partial charge in [-0.25, -0.2) is 5.84 Å². The Bertz CT molecular complexity index is 554. The summed E-state index contributed by atoms with van der Waals surface area (Å²) in [4.78, 5) is 11.2. The number of nitrogen functional groups attached to an aromatic ring is 1. The Balaban J connectivity index is 1.98. The van der Waals surface area contributed by atoms with Crippen molar-refractivity contribution in [3.8, 4) is 0 Å². The number of nitrogens with two attached hydrogens (primary N) is 1. The van der Waals surface area contributed by atoms with Crippen LogP contribution in [0, 0.1) is 0 Å². The normalized spacial score (nSPS) is 10.1. The van der Waals surface area contributed by atoms with E-state index in [1.54, 1.807) is 24.3 Å². The van der Waals surface area contributed by atoms with Crippen LogP contribution < -0.4 is 16.6 Å². The smallest absolute Gasteiger partial charge is 0.300 e. The van der Waals surface area contributed by atoms with Crippen molar-refractivity contribution in [3.05, 3.63) is 52.9 Å². The molecule has 94 valence electrons. The summed E-state index contributed by atoms with van der Waals surface area (Å²) in [5, 5.41) is 3.79. The maximum absolute atomic E-state index is 11.2. The number of nitrogens with one attached hydrogen (secondary N) is 2. The third kappa shape index (κ3) is 3.03. The van der Waals surface area contributed by atoms with Gasteiger partial charge in [0.15, 0.2) is 5.76 Å². The molecule has 0 bridgehead atoms. The second kappa shape index (κ2) is 5.57. The van der Waals surface area contributed by atoms with Gasteiger partial charge in [0.1, 0.15) is 5.76 Å². The summed E-state index contributed by atoms with van der Waals surface area (Å²) in [6.07, 6.45) is 0. The molecule has 0 radical (unpaired) electrons. The van der Waals surface area contributed by atoms with Crippen LogP contribution in [0.4, 0.5) is 5.69 Å². The molecule has 0 aliphatic carbocycles. The molecule has 1 amide bonds. The van der Waals surface area contributed by atoms with Crippen LogP contribution in [0.5, 0.6) is 0 Å². The predicted molar refractivity (Wildman–Crippen MR) is 69.1 cm³/mol. The van der Waals surface area contributed by atoms with E-state index in [0.717, 1.165) is 5.69 Å². The SMILES string of the molecule is NNC(=O)c1ccc(CNc2cccc(Cl)c2)o1. The molecule has 1 aromatic carbocycles. The fourth-order valence-corrected chi connectivity index (χ4v) is 1.64. The lowest BCUT2D eigenvalue weighted by Crippen LogP contribution is -2.29. The molecule has 0 aliphatic heterocycles. The molecule has 0 atom stereocenters. The second-order valence-corrected chi connectivity index (χ2v) is 4.04. The molecule has 18 heavy (non-hydrogen) atoms. The number of anilines is 1. The topological polar surface area (TPSA) is 80.3 Å². The number of amides is 1. The lowest BCUT2D eigenvalue weighted by molar-refractivity contribution is 0.0924. The first-order chi connectivity index (χ1) is 8.69. The van der Waals surface area contributed by atoms with Crippen molar-refractivity contribution in [1.82, 2.24) is 5.43 Å². The van der Waals surface area contributed by atoms with Crippen molar-refractivity contribution >= 4 is 23.2 Å². The number of hydrogen-bond donors (Lipinski definition) is 3. The van der Waals surface area contributed by atoms with E-state index >= 15 is 0 Å². The maximum Gasteiger partial charge on any atom is 0.300 e. The molecule has 2 rings (SSSR count). The van der Waals surface area contributed by atoms with Crippen LogP contribution in [-0.4, -0.2) is 5.91 Å². The second-order valence-electron chi connectivity index (χ2n) is 3.60. The molecule has 1 heterocycles. The van der Waals surface area contributed by atoms with Crippen LogP contribution in [0.25, 0.3) is 0 Å². The summed E-state index contributed by atoms with van der Waals surface area (Å²) in [6, 6.07) is 10.6. The lowest BCUT2D eigenvalue weighted by atomic mass is 10.3. The summed E-state index contributed by atoms with van der Waals surface area (Å²) < 4.78 is 5.30. The Kier molecular flexibility index (Phi) is 3.86. The molecule has 2 aromatic rings. The molecule has 1 aromatic heterocycles. The van der Waals surface area contributed by atoms with Crippen molar-refractivity contribution in [2.45, 2.75) is 6.54 Å². The van der Waals surface area contributed by atoms with Crippen molar-refractivity contribution in [1.29, 1.82) is 0 Å². The molecule has 0 aliphatic rings. The van der Waals surface area contributed by atoms with E-state index in [4.69, 9.17) is 21.9 Å². The number of hydrazine groups is 1. The minimum Gasteiger partial charge on any atom is -0.454 e. The third-order valence-electron chi connectivity index (χ3n) is 2.31. The zero-order chi connectivity index (χ0) is 13.0. The van der Waals surface area contributed by atoms with Crippen molar-refractivity contribution < 1.29 is 9.21 Å². The molecule has 0 unspecified atom stereocenters. The Morgan fingerprint density at radius 3 is 2.89 bits per heavy atom. The van der Waals surface area contributed by atoms with Gasteiger partial charge < -0.3 is 9.73 Å². The van der Waals surface area contributed by atoms with Gasteiger partial charge in [-0.2, -0.15) is 0 Å². The van der Waals surface area contributed by atoms with E-state index in [1.165, 1.54) is 0 Å². The number of carbonyl (C=O) groups excluding carboxylic acids is 1. The molecule has 4 N–H and O–H groups in total. The summed E-state index contributed by atoms with van der Waals surface area (Å²) in [7, 11) is 0. The van der Waals surface area contributed by atoms with Crippen molar-refractivity contribution in [2.24, 2.45) is 5.84 Å². The summed E-state index contributed by atoms with van der Waals surface area (Å²) in [5.41, 5.74) is 2.88. The van der Waals surface area contributed by atoms with Crippen LogP contribution in [0.15, 0.2) is 40.8 Å². The maximum atomic E-state index is 11.2. The average Bonchev–Trinajstić information content (AvgIpc) is 2.84. The highest BCUT2D eigenvalue weighted by Gasteiger charge is 2.09. The molecule has 5 nitrogen and oxygen atoms in total. The Morgan fingerprint density at radius 1 is 1.33 bits per heavy atom. The standard InChI is InChI=1S/C12H12ClN3O2/c13-8-2-1-3-9(6-8)15-7-10-4-5-11(18-10)12(17)16-14/h1-6,15H,7,14H2,(H,16,17). The quantitative estimate of drug-likeness (QED) is 0.450. The van der Waals surface area contributed by atoms with Gasteiger partial charge in [0.25, 0.3) is 0 Å². The van der Waals surface area contributed by atoms with Gasteiger partial charge in [0, 0.05) is 10.7 Å². The first-order valence-corrected chi connectivity index (χ1v) is 5.66. The van der Waals surface area contributed by atoms with Crippen LogP contribution in [0.3, 0.4) is 0 Å². The van der Waals surface area contributed by atoms with E-state index < -0.39 is 5.91 Å². The third-order valence-corrected chi connectivity index (χ3v) is 2.54. The van der Waals surface area contributed by atoms with Crippen molar-refractivity contribution in [2.75, 3.05) is 5.32 Å². The Hall–Kier alpha value is -1.98. The van der Waals surface area contributed by atoms with Gasteiger partial charge in [-0.3, -0.25) is 10.2 Å². The van der Waals surface area contributed by atoms with E-state index in [0.29, 0.717) is 17.3 Å². The minimum atomic E-state index is -0.455. The first-order valence-electron chi connectivity index (χ1n) is 5.28.